The molecule has 1 aromatic carbocycles. The molecule has 16 heavy (non-hydrogen) atoms. The van der Waals surface area contributed by atoms with E-state index in [2.05, 4.69) is 0 Å². The molecular formula is C8H3Cl3N2O2S. The van der Waals surface area contributed by atoms with E-state index < -0.39 is 4.92 Å². The van der Waals surface area contributed by atoms with Crippen LogP contribution in [0, 0.1) is 21.4 Å². The summed E-state index contributed by atoms with van der Waals surface area (Å²) in [5.41, 5.74) is -0.349. The van der Waals surface area contributed by atoms with Crippen molar-refractivity contribution in [3.63, 3.8) is 0 Å². The SMILES string of the molecule is N#CCSc1c(Cl)cc([N+](=O)[O-])c(Cl)c1Cl. The third-order valence-corrected chi connectivity index (χ3v) is 3.94. The van der Waals surface area contributed by atoms with Crippen molar-refractivity contribution in [1.82, 2.24) is 0 Å². The standard InChI is InChI=1S/C8H3Cl3N2O2S/c9-4-3-5(13(14)15)6(10)7(11)8(4)16-2-1-12/h3H,2H2. The maximum Gasteiger partial charge on any atom is 0.290 e. The lowest BCUT2D eigenvalue weighted by Gasteiger charge is -2.06. The lowest BCUT2D eigenvalue weighted by molar-refractivity contribution is -0.384. The van der Waals surface area contributed by atoms with Gasteiger partial charge in [-0.15, -0.1) is 11.8 Å². The molecule has 0 unspecified atom stereocenters. The van der Waals surface area contributed by atoms with E-state index in [0.717, 1.165) is 17.8 Å². The number of benzene rings is 1. The summed E-state index contributed by atoms with van der Waals surface area (Å²) in [5.74, 6) is 0.133. The van der Waals surface area contributed by atoms with Gasteiger partial charge in [-0.2, -0.15) is 5.26 Å². The molecule has 0 heterocycles. The Morgan fingerprint density at radius 3 is 2.56 bits per heavy atom. The van der Waals surface area contributed by atoms with Crippen molar-refractivity contribution >= 4 is 52.3 Å². The minimum Gasteiger partial charge on any atom is -0.258 e. The molecule has 1 rings (SSSR count). The van der Waals surface area contributed by atoms with E-state index in [-0.39, 0.29) is 26.5 Å². The number of hydrogen-bond donors (Lipinski definition) is 0. The van der Waals surface area contributed by atoms with Crippen LogP contribution in [0.25, 0.3) is 0 Å². The van der Waals surface area contributed by atoms with Crippen molar-refractivity contribution in [3.05, 3.63) is 31.2 Å². The van der Waals surface area contributed by atoms with Crippen LogP contribution < -0.4 is 0 Å². The maximum absolute atomic E-state index is 10.6. The minimum atomic E-state index is -0.668. The average Bonchev–Trinajstić information content (AvgIpc) is 2.23. The Kier molecular flexibility index (Phi) is 4.69. The van der Waals surface area contributed by atoms with Crippen LogP contribution >= 0.6 is 46.6 Å². The largest absolute Gasteiger partial charge is 0.290 e. The van der Waals surface area contributed by atoms with Gasteiger partial charge in [-0.3, -0.25) is 10.1 Å². The van der Waals surface area contributed by atoms with Crippen LogP contribution in [-0.4, -0.2) is 10.7 Å². The van der Waals surface area contributed by atoms with Crippen LogP contribution in [0.15, 0.2) is 11.0 Å². The van der Waals surface area contributed by atoms with Gasteiger partial charge >= 0.3 is 0 Å². The Bertz CT molecular complexity index is 487. The molecule has 84 valence electrons. The summed E-state index contributed by atoms with van der Waals surface area (Å²) in [6, 6.07) is 3.02. The van der Waals surface area contributed by atoms with Crippen LogP contribution in [-0.2, 0) is 0 Å². The molecular weight excluding hydrogens is 295 g/mol. The lowest BCUT2D eigenvalue weighted by atomic mass is 10.3. The van der Waals surface area contributed by atoms with Crippen LogP contribution in [0.3, 0.4) is 0 Å². The van der Waals surface area contributed by atoms with Crippen LogP contribution in [0.2, 0.25) is 15.1 Å². The number of nitrogens with zero attached hydrogens (tertiary/aromatic N) is 2. The molecule has 0 saturated heterocycles. The van der Waals surface area contributed by atoms with Gasteiger partial charge in [0.15, 0.2) is 0 Å². The molecule has 4 nitrogen and oxygen atoms in total. The van der Waals surface area contributed by atoms with Gasteiger partial charge in [0.1, 0.15) is 5.02 Å². The molecule has 0 saturated carbocycles. The first-order valence-electron chi connectivity index (χ1n) is 3.80. The molecule has 0 aliphatic rings. The number of nitro groups is 1. The quantitative estimate of drug-likeness (QED) is 0.363. The summed E-state index contributed by atoms with van der Waals surface area (Å²) >= 11 is 18.4. The molecule has 0 aromatic heterocycles. The second-order valence-corrected chi connectivity index (χ2v) is 4.69. The van der Waals surface area contributed by atoms with Gasteiger partial charge in [-0.1, -0.05) is 34.8 Å². The first-order valence-corrected chi connectivity index (χ1v) is 5.92. The van der Waals surface area contributed by atoms with E-state index >= 15 is 0 Å². The number of hydrogen-bond acceptors (Lipinski definition) is 4. The van der Waals surface area contributed by atoms with Gasteiger partial charge in [0.2, 0.25) is 0 Å². The first-order chi connectivity index (χ1) is 7.49. The van der Waals surface area contributed by atoms with E-state index in [9.17, 15) is 10.1 Å². The fourth-order valence-electron chi connectivity index (χ4n) is 0.936. The molecule has 0 aliphatic heterocycles. The van der Waals surface area contributed by atoms with Gasteiger partial charge in [0, 0.05) is 11.0 Å². The summed E-state index contributed by atoms with van der Waals surface area (Å²) in [5, 5.41) is 19.0. The highest BCUT2D eigenvalue weighted by atomic mass is 35.5. The van der Waals surface area contributed by atoms with Gasteiger partial charge < -0.3 is 0 Å². The Labute approximate surface area is 110 Å². The van der Waals surface area contributed by atoms with Crippen LogP contribution in [0.5, 0.6) is 0 Å². The van der Waals surface area contributed by atoms with Gasteiger partial charge in [0.25, 0.3) is 5.69 Å². The smallest absolute Gasteiger partial charge is 0.258 e. The summed E-state index contributed by atoms with van der Waals surface area (Å²) in [7, 11) is 0. The zero-order valence-electron chi connectivity index (χ0n) is 7.54. The number of nitro benzene ring substituents is 1. The summed E-state index contributed by atoms with van der Waals surface area (Å²) in [6.45, 7) is 0. The normalized spacial score (nSPS) is 9.88. The Balaban J connectivity index is 3.29. The van der Waals surface area contributed by atoms with E-state index in [0.29, 0.717) is 4.90 Å². The van der Waals surface area contributed by atoms with Gasteiger partial charge in [-0.25, -0.2) is 0 Å². The fraction of sp³-hybridized carbons (Fsp3) is 0.125. The summed E-state index contributed by atoms with van der Waals surface area (Å²) in [4.78, 5) is 10.3. The van der Waals surface area contributed by atoms with Crippen molar-refractivity contribution in [2.75, 3.05) is 5.75 Å². The second kappa shape index (κ2) is 5.60. The molecule has 0 aliphatic carbocycles. The zero-order chi connectivity index (χ0) is 12.3. The predicted molar refractivity (Wildman–Crippen MR) is 64.5 cm³/mol. The number of rotatable bonds is 3. The molecule has 0 atom stereocenters. The maximum atomic E-state index is 10.6. The molecule has 0 N–H and O–H groups in total. The van der Waals surface area contributed by atoms with E-state index in [1.807, 2.05) is 6.07 Å². The number of halogens is 3. The minimum absolute atomic E-state index is 0.00103. The van der Waals surface area contributed by atoms with Crippen molar-refractivity contribution < 1.29 is 4.92 Å². The monoisotopic (exact) mass is 296 g/mol. The number of thioether (sulfide) groups is 1. The fourth-order valence-corrected chi connectivity index (χ4v) is 2.62. The Morgan fingerprint density at radius 1 is 1.44 bits per heavy atom. The molecule has 0 bridgehead atoms. The third kappa shape index (κ3) is 2.71. The molecule has 0 radical (unpaired) electrons. The molecule has 8 heteroatoms. The highest BCUT2D eigenvalue weighted by molar-refractivity contribution is 7.99. The van der Waals surface area contributed by atoms with Gasteiger partial charge in [-0.05, 0) is 0 Å². The van der Waals surface area contributed by atoms with Crippen molar-refractivity contribution in [2.45, 2.75) is 4.90 Å². The summed E-state index contributed by atoms with van der Waals surface area (Å²) in [6.07, 6.45) is 0. The zero-order valence-corrected chi connectivity index (χ0v) is 10.6. The van der Waals surface area contributed by atoms with Gasteiger partial charge in [0.05, 0.1) is 26.8 Å². The molecule has 0 amide bonds. The average molecular weight is 298 g/mol. The van der Waals surface area contributed by atoms with E-state index in [4.69, 9.17) is 40.1 Å². The first kappa shape index (κ1) is 13.4. The van der Waals surface area contributed by atoms with Crippen molar-refractivity contribution in [1.29, 1.82) is 5.26 Å². The number of nitriles is 1. The molecule has 0 fully saturated rings. The van der Waals surface area contributed by atoms with Crippen molar-refractivity contribution in [3.8, 4) is 6.07 Å². The Morgan fingerprint density at radius 2 is 2.06 bits per heavy atom. The lowest BCUT2D eigenvalue weighted by Crippen LogP contribution is -1.92. The predicted octanol–water partition coefficient (Wildman–Crippen LogP) is 4.17. The van der Waals surface area contributed by atoms with E-state index in [1.165, 1.54) is 0 Å². The highest BCUT2D eigenvalue weighted by Crippen LogP contribution is 2.43. The topological polar surface area (TPSA) is 66.9 Å². The van der Waals surface area contributed by atoms with Crippen LogP contribution in [0.1, 0.15) is 0 Å². The Hall–Kier alpha value is -0.670. The summed E-state index contributed by atoms with van der Waals surface area (Å²) < 4.78 is 0. The van der Waals surface area contributed by atoms with E-state index in [1.54, 1.807) is 0 Å². The highest BCUT2D eigenvalue weighted by Gasteiger charge is 2.21. The molecule has 0 spiro atoms. The second-order valence-electron chi connectivity index (χ2n) is 2.54. The van der Waals surface area contributed by atoms with Crippen molar-refractivity contribution in [2.24, 2.45) is 0 Å². The van der Waals surface area contributed by atoms with Crippen LogP contribution in [0.4, 0.5) is 5.69 Å². The molecule has 1 aromatic rings. The third-order valence-electron chi connectivity index (χ3n) is 1.58.